The maximum absolute atomic E-state index is 5.44. The van der Waals surface area contributed by atoms with E-state index in [4.69, 9.17) is 5.84 Å². The summed E-state index contributed by atoms with van der Waals surface area (Å²) < 4.78 is 0. The second kappa shape index (κ2) is 6.19. The van der Waals surface area contributed by atoms with Crippen molar-refractivity contribution in [1.82, 2.24) is 5.43 Å². The Bertz CT molecular complexity index is 314. The highest BCUT2D eigenvalue weighted by Crippen LogP contribution is 2.05. The first-order valence-electron chi connectivity index (χ1n) is 5.42. The molecule has 0 aliphatic heterocycles. The van der Waals surface area contributed by atoms with Crippen LogP contribution in [0.1, 0.15) is 31.4 Å². The van der Waals surface area contributed by atoms with Gasteiger partial charge in [0.05, 0.1) is 0 Å². The Morgan fingerprint density at radius 3 is 2.40 bits per heavy atom. The summed E-state index contributed by atoms with van der Waals surface area (Å²) in [6.07, 6.45) is 2.08. The van der Waals surface area contributed by atoms with E-state index in [2.05, 4.69) is 36.4 Å². The molecule has 0 amide bonds. The highest BCUT2D eigenvalue weighted by molar-refractivity contribution is 5.98. The van der Waals surface area contributed by atoms with Crippen LogP contribution in [0.25, 0.3) is 0 Å². The van der Waals surface area contributed by atoms with Gasteiger partial charge in [-0.15, -0.1) is 0 Å². The third-order valence-electron chi connectivity index (χ3n) is 2.27. The minimum absolute atomic E-state index is 0.763. The summed E-state index contributed by atoms with van der Waals surface area (Å²) in [5, 5.41) is 0. The molecule has 0 fully saturated rings. The average Bonchev–Trinajstić information content (AvgIpc) is 2.31. The Morgan fingerprint density at radius 1 is 1.27 bits per heavy atom. The number of aliphatic imine (C=N–C) groups is 1. The molecule has 0 saturated heterocycles. The van der Waals surface area contributed by atoms with Gasteiger partial charge in [-0.1, -0.05) is 38.1 Å². The molecule has 0 saturated carbocycles. The van der Waals surface area contributed by atoms with Crippen molar-refractivity contribution >= 4 is 5.84 Å². The van der Waals surface area contributed by atoms with Crippen LogP contribution in [-0.4, -0.2) is 12.4 Å². The van der Waals surface area contributed by atoms with Gasteiger partial charge in [-0.3, -0.25) is 4.99 Å². The summed E-state index contributed by atoms with van der Waals surface area (Å²) in [7, 11) is 0. The van der Waals surface area contributed by atoms with Gasteiger partial charge in [0, 0.05) is 12.1 Å². The van der Waals surface area contributed by atoms with Gasteiger partial charge in [-0.2, -0.15) is 0 Å². The number of aryl methyl sites for hydroxylation is 1. The molecule has 0 atom stereocenters. The Morgan fingerprint density at radius 2 is 1.93 bits per heavy atom. The molecule has 3 heteroatoms. The van der Waals surface area contributed by atoms with Crippen molar-refractivity contribution in [1.29, 1.82) is 0 Å². The predicted octanol–water partition coefficient (Wildman–Crippen LogP) is 1.87. The van der Waals surface area contributed by atoms with Crippen molar-refractivity contribution in [2.45, 2.75) is 26.7 Å². The lowest BCUT2D eigenvalue weighted by molar-refractivity contribution is 0.907. The molecule has 0 radical (unpaired) electrons. The van der Waals surface area contributed by atoms with Crippen molar-refractivity contribution in [3.8, 4) is 0 Å². The Kier molecular flexibility index (Phi) is 4.84. The van der Waals surface area contributed by atoms with E-state index in [1.54, 1.807) is 0 Å². The quantitative estimate of drug-likeness (QED) is 0.341. The Labute approximate surface area is 91.4 Å². The number of benzene rings is 1. The van der Waals surface area contributed by atoms with E-state index in [1.807, 2.05) is 12.1 Å². The van der Waals surface area contributed by atoms with Crippen LogP contribution in [0.4, 0.5) is 0 Å². The second-order valence-corrected chi connectivity index (χ2v) is 3.43. The maximum Gasteiger partial charge on any atom is 0.142 e. The number of amidine groups is 1. The van der Waals surface area contributed by atoms with Crippen LogP contribution in [0.2, 0.25) is 0 Å². The van der Waals surface area contributed by atoms with Gasteiger partial charge in [-0.25, -0.2) is 5.84 Å². The molecule has 0 spiro atoms. The topological polar surface area (TPSA) is 50.4 Å². The third kappa shape index (κ3) is 3.36. The van der Waals surface area contributed by atoms with Gasteiger partial charge in [0.2, 0.25) is 0 Å². The van der Waals surface area contributed by atoms with Crippen LogP contribution in [0.3, 0.4) is 0 Å². The summed E-state index contributed by atoms with van der Waals surface area (Å²) in [6.45, 7) is 5.04. The minimum atomic E-state index is 0.763. The SMILES string of the molecule is CCCN=C(NN)c1ccc(CC)cc1. The minimum Gasteiger partial charge on any atom is -0.308 e. The number of rotatable bonds is 4. The summed E-state index contributed by atoms with van der Waals surface area (Å²) in [4.78, 5) is 4.37. The van der Waals surface area contributed by atoms with Crippen molar-refractivity contribution in [3.05, 3.63) is 35.4 Å². The van der Waals surface area contributed by atoms with Gasteiger partial charge >= 0.3 is 0 Å². The fourth-order valence-electron chi connectivity index (χ4n) is 1.34. The van der Waals surface area contributed by atoms with E-state index < -0.39 is 0 Å². The normalized spacial score (nSPS) is 11.5. The molecule has 0 aliphatic rings. The highest BCUT2D eigenvalue weighted by atomic mass is 15.2. The number of nitrogens with two attached hydrogens (primary N) is 1. The zero-order valence-corrected chi connectivity index (χ0v) is 9.46. The molecule has 3 nitrogen and oxygen atoms in total. The third-order valence-corrected chi connectivity index (χ3v) is 2.27. The molecule has 15 heavy (non-hydrogen) atoms. The first-order valence-corrected chi connectivity index (χ1v) is 5.42. The van der Waals surface area contributed by atoms with Crippen LogP contribution in [0.5, 0.6) is 0 Å². The second-order valence-electron chi connectivity index (χ2n) is 3.43. The van der Waals surface area contributed by atoms with E-state index in [1.165, 1.54) is 5.56 Å². The van der Waals surface area contributed by atoms with Crippen LogP contribution >= 0.6 is 0 Å². The van der Waals surface area contributed by atoms with Crippen LogP contribution in [-0.2, 0) is 6.42 Å². The van der Waals surface area contributed by atoms with Gasteiger partial charge in [0.15, 0.2) is 0 Å². The van der Waals surface area contributed by atoms with E-state index >= 15 is 0 Å². The molecule has 0 bridgehead atoms. The van der Waals surface area contributed by atoms with Gasteiger partial charge in [-0.05, 0) is 18.4 Å². The predicted molar refractivity (Wildman–Crippen MR) is 64.8 cm³/mol. The van der Waals surface area contributed by atoms with E-state index in [0.717, 1.165) is 30.8 Å². The Balaban J connectivity index is 2.83. The fourth-order valence-corrected chi connectivity index (χ4v) is 1.34. The lowest BCUT2D eigenvalue weighted by Crippen LogP contribution is -2.31. The van der Waals surface area contributed by atoms with Crippen LogP contribution in [0, 0.1) is 0 Å². The largest absolute Gasteiger partial charge is 0.308 e. The average molecular weight is 205 g/mol. The number of hydrazine groups is 1. The molecule has 0 unspecified atom stereocenters. The smallest absolute Gasteiger partial charge is 0.142 e. The summed E-state index contributed by atoms with van der Waals surface area (Å²) >= 11 is 0. The van der Waals surface area contributed by atoms with E-state index in [9.17, 15) is 0 Å². The standard InChI is InChI=1S/C12H19N3/c1-3-9-14-12(15-13)11-7-5-10(4-2)6-8-11/h5-8H,3-4,9,13H2,1-2H3,(H,14,15). The van der Waals surface area contributed by atoms with Crippen LogP contribution in [0.15, 0.2) is 29.3 Å². The van der Waals surface area contributed by atoms with Crippen molar-refractivity contribution < 1.29 is 0 Å². The molecule has 1 aromatic carbocycles. The monoisotopic (exact) mass is 205 g/mol. The zero-order chi connectivity index (χ0) is 11.1. The molecule has 3 N–H and O–H groups in total. The number of nitrogens with zero attached hydrogens (tertiary/aromatic N) is 1. The van der Waals surface area contributed by atoms with Gasteiger partial charge < -0.3 is 5.43 Å². The molecule has 0 aromatic heterocycles. The fraction of sp³-hybridized carbons (Fsp3) is 0.417. The molecular formula is C12H19N3. The van der Waals surface area contributed by atoms with E-state index in [-0.39, 0.29) is 0 Å². The number of nitrogens with one attached hydrogen (secondary N) is 1. The van der Waals surface area contributed by atoms with Gasteiger partial charge in [0.25, 0.3) is 0 Å². The summed E-state index contributed by atoms with van der Waals surface area (Å²) in [5.74, 6) is 6.20. The first kappa shape index (κ1) is 11.7. The summed E-state index contributed by atoms with van der Waals surface area (Å²) in [6, 6.07) is 8.31. The first-order chi connectivity index (χ1) is 7.31. The molecule has 0 aliphatic carbocycles. The lowest BCUT2D eigenvalue weighted by Gasteiger charge is -2.06. The Hall–Kier alpha value is -1.35. The molecule has 0 heterocycles. The van der Waals surface area contributed by atoms with E-state index in [0.29, 0.717) is 0 Å². The molecule has 1 aromatic rings. The van der Waals surface area contributed by atoms with Crippen molar-refractivity contribution in [2.75, 3.05) is 6.54 Å². The highest BCUT2D eigenvalue weighted by Gasteiger charge is 2.00. The number of hydrogen-bond acceptors (Lipinski definition) is 2. The molecular weight excluding hydrogens is 186 g/mol. The zero-order valence-electron chi connectivity index (χ0n) is 9.46. The number of hydrogen-bond donors (Lipinski definition) is 2. The van der Waals surface area contributed by atoms with Crippen molar-refractivity contribution in [2.24, 2.45) is 10.8 Å². The van der Waals surface area contributed by atoms with Gasteiger partial charge in [0.1, 0.15) is 5.84 Å². The molecule has 1 rings (SSSR count). The van der Waals surface area contributed by atoms with Crippen molar-refractivity contribution in [3.63, 3.8) is 0 Å². The maximum atomic E-state index is 5.44. The lowest BCUT2D eigenvalue weighted by atomic mass is 10.1. The van der Waals surface area contributed by atoms with Crippen LogP contribution < -0.4 is 11.3 Å². The summed E-state index contributed by atoms with van der Waals surface area (Å²) in [5.41, 5.74) is 5.01. The molecule has 82 valence electrons.